The third-order valence-corrected chi connectivity index (χ3v) is 4.96. The van der Waals surface area contributed by atoms with E-state index in [0.717, 1.165) is 12.1 Å². The predicted molar refractivity (Wildman–Crippen MR) is 122 cm³/mol. The number of carbonyl (C=O) groups excluding carboxylic acids is 2. The summed E-state index contributed by atoms with van der Waals surface area (Å²) in [6.07, 6.45) is 1.37. The number of nitrogens with zero attached hydrogens (tertiary/aromatic N) is 2. The number of fused-ring (bicyclic) bond motifs is 1. The van der Waals surface area contributed by atoms with E-state index in [1.807, 2.05) is 0 Å². The third-order valence-electron chi connectivity index (χ3n) is 4.80. The SMILES string of the molecule is O=C(NCCOCCCl)c1ccc2[nH]c(-c3n[nH]cc3NC(=O)c3c(F)cccc3F)nc2c1. The first-order valence-electron chi connectivity index (χ1n) is 10.2. The quantitative estimate of drug-likeness (QED) is 0.212. The molecule has 0 fully saturated rings. The van der Waals surface area contributed by atoms with E-state index in [2.05, 4.69) is 30.8 Å². The second kappa shape index (κ2) is 10.4. The highest BCUT2D eigenvalue weighted by molar-refractivity contribution is 6.18. The molecule has 0 spiro atoms. The van der Waals surface area contributed by atoms with E-state index in [1.165, 1.54) is 12.3 Å². The number of benzene rings is 2. The molecule has 2 heterocycles. The van der Waals surface area contributed by atoms with Crippen LogP contribution in [0.4, 0.5) is 14.5 Å². The molecule has 0 aliphatic carbocycles. The molecule has 0 saturated carbocycles. The summed E-state index contributed by atoms with van der Waals surface area (Å²) < 4.78 is 33.1. The van der Waals surface area contributed by atoms with Crippen molar-refractivity contribution >= 4 is 40.1 Å². The van der Waals surface area contributed by atoms with Gasteiger partial charge in [0.05, 0.1) is 29.9 Å². The van der Waals surface area contributed by atoms with E-state index in [1.54, 1.807) is 18.2 Å². The van der Waals surface area contributed by atoms with Crippen molar-refractivity contribution in [3.05, 3.63) is 65.4 Å². The van der Waals surface area contributed by atoms with Crippen LogP contribution in [0.25, 0.3) is 22.6 Å². The molecule has 4 aromatic rings. The molecule has 0 unspecified atom stereocenters. The monoisotopic (exact) mass is 488 g/mol. The maximum atomic E-state index is 13.9. The Morgan fingerprint density at radius 3 is 2.65 bits per heavy atom. The number of hydrogen-bond donors (Lipinski definition) is 4. The lowest BCUT2D eigenvalue weighted by Crippen LogP contribution is -2.27. The maximum Gasteiger partial charge on any atom is 0.261 e. The number of imidazole rings is 1. The van der Waals surface area contributed by atoms with Crippen LogP contribution in [0, 0.1) is 11.6 Å². The second-order valence-corrected chi connectivity index (χ2v) is 7.45. The first-order valence-corrected chi connectivity index (χ1v) is 10.7. The molecular weight excluding hydrogens is 470 g/mol. The highest BCUT2D eigenvalue weighted by Crippen LogP contribution is 2.26. The smallest absolute Gasteiger partial charge is 0.261 e. The molecule has 4 N–H and O–H groups in total. The number of aromatic amines is 2. The molecule has 2 aromatic heterocycles. The Kier molecular flexibility index (Phi) is 7.14. The lowest BCUT2D eigenvalue weighted by molar-refractivity contribution is 0.0923. The maximum absolute atomic E-state index is 13.9. The number of hydrogen-bond acceptors (Lipinski definition) is 5. The molecule has 0 aliphatic rings. The minimum Gasteiger partial charge on any atom is -0.378 e. The van der Waals surface area contributed by atoms with Gasteiger partial charge in [0.25, 0.3) is 11.8 Å². The summed E-state index contributed by atoms with van der Waals surface area (Å²) >= 11 is 5.53. The molecule has 12 heteroatoms. The van der Waals surface area contributed by atoms with Crippen molar-refractivity contribution < 1.29 is 23.1 Å². The van der Waals surface area contributed by atoms with Crippen LogP contribution in [0.1, 0.15) is 20.7 Å². The van der Waals surface area contributed by atoms with Crippen molar-refractivity contribution in [2.45, 2.75) is 0 Å². The standard InChI is InChI=1S/C22H19ClF2N6O3/c23-6-8-34-9-7-26-21(32)12-4-5-15-16(10-12)29-20(28-15)19-17(11-27-31-19)30-22(33)18-13(24)2-1-3-14(18)25/h1-5,10-11H,6-9H2,(H,26,32)(H,27,31)(H,28,29)(H,30,33). The molecular formula is C22H19ClF2N6O3. The molecule has 176 valence electrons. The van der Waals surface area contributed by atoms with Crippen molar-refractivity contribution in [3.63, 3.8) is 0 Å². The van der Waals surface area contributed by atoms with Gasteiger partial charge in [0.2, 0.25) is 0 Å². The number of nitrogens with one attached hydrogen (secondary N) is 4. The summed E-state index contributed by atoms with van der Waals surface area (Å²) in [6, 6.07) is 8.08. The average Bonchev–Trinajstić information content (AvgIpc) is 3.44. The molecule has 2 amide bonds. The van der Waals surface area contributed by atoms with Crippen LogP contribution >= 0.6 is 11.6 Å². The minimum atomic E-state index is -0.984. The van der Waals surface area contributed by atoms with Crippen LogP contribution in [0.5, 0.6) is 0 Å². The van der Waals surface area contributed by atoms with Gasteiger partial charge in [-0.05, 0) is 30.3 Å². The summed E-state index contributed by atoms with van der Waals surface area (Å²) in [5.74, 6) is -2.56. The topological polar surface area (TPSA) is 125 Å². The summed E-state index contributed by atoms with van der Waals surface area (Å²) in [6.45, 7) is 1.08. The molecule has 2 aromatic carbocycles. The molecule has 0 saturated heterocycles. The molecule has 0 aliphatic heterocycles. The van der Waals surface area contributed by atoms with Crippen LogP contribution in [-0.2, 0) is 4.74 Å². The fourth-order valence-corrected chi connectivity index (χ4v) is 3.33. The Bertz CT molecular complexity index is 1320. The van der Waals surface area contributed by atoms with E-state index in [0.29, 0.717) is 42.2 Å². The molecule has 9 nitrogen and oxygen atoms in total. The van der Waals surface area contributed by atoms with Crippen molar-refractivity contribution in [2.24, 2.45) is 0 Å². The van der Waals surface area contributed by atoms with E-state index in [4.69, 9.17) is 16.3 Å². The normalized spacial score (nSPS) is 11.0. The summed E-state index contributed by atoms with van der Waals surface area (Å²) in [4.78, 5) is 32.3. The van der Waals surface area contributed by atoms with Gasteiger partial charge < -0.3 is 20.4 Å². The van der Waals surface area contributed by atoms with Crippen molar-refractivity contribution in [1.82, 2.24) is 25.5 Å². The number of alkyl halides is 1. The van der Waals surface area contributed by atoms with E-state index < -0.39 is 23.1 Å². The van der Waals surface area contributed by atoms with Gasteiger partial charge in [-0.15, -0.1) is 11.6 Å². The lowest BCUT2D eigenvalue weighted by Gasteiger charge is -2.06. The van der Waals surface area contributed by atoms with Crippen LogP contribution in [0.15, 0.2) is 42.6 Å². The summed E-state index contributed by atoms with van der Waals surface area (Å²) in [7, 11) is 0. The Morgan fingerprint density at radius 1 is 1.09 bits per heavy atom. The number of anilines is 1. The number of H-pyrrole nitrogens is 2. The van der Waals surface area contributed by atoms with Gasteiger partial charge in [0.1, 0.15) is 17.2 Å². The fourth-order valence-electron chi connectivity index (χ4n) is 3.22. The van der Waals surface area contributed by atoms with Crippen molar-refractivity contribution in [1.29, 1.82) is 0 Å². The first kappa shape index (κ1) is 23.3. The molecule has 0 atom stereocenters. The predicted octanol–water partition coefficient (Wildman–Crippen LogP) is 3.47. The fraction of sp³-hybridized carbons (Fsp3) is 0.182. The highest BCUT2D eigenvalue weighted by Gasteiger charge is 2.21. The Labute approximate surface area is 196 Å². The highest BCUT2D eigenvalue weighted by atomic mass is 35.5. The second-order valence-electron chi connectivity index (χ2n) is 7.07. The summed E-state index contributed by atoms with van der Waals surface area (Å²) in [5, 5.41) is 11.9. The van der Waals surface area contributed by atoms with Crippen LogP contribution < -0.4 is 10.6 Å². The molecule has 0 radical (unpaired) electrons. The van der Waals surface area contributed by atoms with Gasteiger partial charge in [0, 0.05) is 24.2 Å². The third kappa shape index (κ3) is 5.05. The average molecular weight is 489 g/mol. The van der Waals surface area contributed by atoms with Gasteiger partial charge in [-0.1, -0.05) is 6.07 Å². The Balaban J connectivity index is 1.51. The van der Waals surface area contributed by atoms with Gasteiger partial charge >= 0.3 is 0 Å². The molecule has 4 rings (SSSR count). The first-order chi connectivity index (χ1) is 16.5. The molecule has 34 heavy (non-hydrogen) atoms. The van der Waals surface area contributed by atoms with E-state index >= 15 is 0 Å². The number of halogens is 3. The number of rotatable bonds is 9. The van der Waals surface area contributed by atoms with Gasteiger partial charge in [-0.2, -0.15) is 5.10 Å². The van der Waals surface area contributed by atoms with Gasteiger partial charge in [-0.25, -0.2) is 13.8 Å². The Hall–Kier alpha value is -3.83. The molecule has 0 bridgehead atoms. The van der Waals surface area contributed by atoms with Crippen molar-refractivity contribution in [3.8, 4) is 11.5 Å². The van der Waals surface area contributed by atoms with Gasteiger partial charge in [0.15, 0.2) is 11.5 Å². The zero-order chi connectivity index (χ0) is 24.1. The van der Waals surface area contributed by atoms with Crippen LogP contribution in [0.3, 0.4) is 0 Å². The number of ether oxygens (including phenoxy) is 1. The number of carbonyl (C=O) groups is 2. The van der Waals surface area contributed by atoms with Crippen LogP contribution in [0.2, 0.25) is 0 Å². The lowest BCUT2D eigenvalue weighted by atomic mass is 10.2. The minimum absolute atomic E-state index is 0.168. The zero-order valence-electron chi connectivity index (χ0n) is 17.6. The van der Waals surface area contributed by atoms with Crippen LogP contribution in [-0.4, -0.2) is 57.6 Å². The number of aromatic nitrogens is 4. The number of amides is 2. The van der Waals surface area contributed by atoms with Crippen molar-refractivity contribution in [2.75, 3.05) is 31.0 Å². The largest absolute Gasteiger partial charge is 0.378 e. The zero-order valence-corrected chi connectivity index (χ0v) is 18.4. The van der Waals surface area contributed by atoms with E-state index in [9.17, 15) is 18.4 Å². The summed E-state index contributed by atoms with van der Waals surface area (Å²) in [5.41, 5.74) is 1.20. The van der Waals surface area contributed by atoms with Gasteiger partial charge in [-0.3, -0.25) is 14.7 Å². The van der Waals surface area contributed by atoms with E-state index in [-0.39, 0.29) is 23.1 Å². The Morgan fingerprint density at radius 2 is 1.88 bits per heavy atom.